The molecule has 0 bridgehead atoms. The summed E-state index contributed by atoms with van der Waals surface area (Å²) >= 11 is 0. The number of hydrogen-bond donors (Lipinski definition) is 2. The molecule has 2 aromatic rings. The zero-order valence-electron chi connectivity index (χ0n) is 13.1. The van der Waals surface area contributed by atoms with Gasteiger partial charge in [-0.05, 0) is 30.2 Å². The summed E-state index contributed by atoms with van der Waals surface area (Å²) in [5.41, 5.74) is 3.12. The Bertz CT molecular complexity index is 740. The molecule has 0 unspecified atom stereocenters. The number of hydroxylamine groups is 1. The Labute approximate surface area is 139 Å². The van der Waals surface area contributed by atoms with Crippen molar-refractivity contribution in [2.24, 2.45) is 0 Å². The van der Waals surface area contributed by atoms with Gasteiger partial charge in [0.2, 0.25) is 0 Å². The largest absolute Gasteiger partial charge is 0.502 e. The fraction of sp³-hybridized carbons (Fsp3) is 0.111. The molecule has 0 aliphatic rings. The Morgan fingerprint density at radius 3 is 2.46 bits per heavy atom. The van der Waals surface area contributed by atoms with E-state index in [0.717, 1.165) is 5.56 Å². The molecule has 6 heteroatoms. The first-order valence-electron chi connectivity index (χ1n) is 7.19. The van der Waals surface area contributed by atoms with Gasteiger partial charge in [0.05, 0.1) is 12.7 Å². The number of rotatable bonds is 5. The van der Waals surface area contributed by atoms with E-state index in [0.29, 0.717) is 12.2 Å². The SMILES string of the molecule is COc1ccccc1C(=O)NOC(=O)C(O)=CCc1ccccc1. The number of allylic oxidation sites excluding steroid dienone is 1. The van der Waals surface area contributed by atoms with Crippen molar-refractivity contribution in [2.45, 2.75) is 6.42 Å². The molecule has 0 saturated carbocycles. The van der Waals surface area contributed by atoms with E-state index in [1.807, 2.05) is 35.8 Å². The molecule has 0 aliphatic carbocycles. The molecular formula is C18H17NO5. The number of methoxy groups -OCH3 is 1. The molecule has 0 fully saturated rings. The van der Waals surface area contributed by atoms with Crippen LogP contribution in [0.4, 0.5) is 0 Å². The van der Waals surface area contributed by atoms with Crippen LogP contribution in [0.1, 0.15) is 15.9 Å². The van der Waals surface area contributed by atoms with Crippen LogP contribution < -0.4 is 10.2 Å². The lowest BCUT2D eigenvalue weighted by Crippen LogP contribution is -2.28. The molecule has 0 aromatic heterocycles. The van der Waals surface area contributed by atoms with Crippen molar-refractivity contribution in [3.8, 4) is 5.75 Å². The lowest BCUT2D eigenvalue weighted by atomic mass is 10.1. The highest BCUT2D eigenvalue weighted by molar-refractivity contribution is 5.97. The van der Waals surface area contributed by atoms with E-state index in [1.54, 1.807) is 18.2 Å². The van der Waals surface area contributed by atoms with E-state index in [9.17, 15) is 14.7 Å². The van der Waals surface area contributed by atoms with Gasteiger partial charge in [-0.2, -0.15) is 5.48 Å². The average Bonchev–Trinajstić information content (AvgIpc) is 2.64. The van der Waals surface area contributed by atoms with Gasteiger partial charge in [0.15, 0.2) is 5.76 Å². The van der Waals surface area contributed by atoms with Crippen molar-refractivity contribution in [1.82, 2.24) is 5.48 Å². The smallest absolute Gasteiger partial charge is 0.397 e. The third-order valence-corrected chi connectivity index (χ3v) is 3.17. The third kappa shape index (κ3) is 4.61. The predicted octanol–water partition coefficient (Wildman–Crippen LogP) is 2.57. The number of carbonyl (C=O) groups excluding carboxylic acids is 2. The maximum Gasteiger partial charge on any atom is 0.397 e. The molecule has 0 radical (unpaired) electrons. The number of aliphatic hydroxyl groups excluding tert-OH is 1. The second-order valence-corrected chi connectivity index (χ2v) is 4.80. The Balaban J connectivity index is 1.91. The summed E-state index contributed by atoms with van der Waals surface area (Å²) in [5.74, 6) is -1.94. The van der Waals surface area contributed by atoms with Crippen molar-refractivity contribution in [3.63, 3.8) is 0 Å². The topological polar surface area (TPSA) is 84.9 Å². The standard InChI is InChI=1S/C18H17NO5/c1-23-16-10-6-5-9-14(16)17(21)19-24-18(22)15(20)12-11-13-7-3-2-4-8-13/h2-10,12,20H,11H2,1H3,(H,19,21). The monoisotopic (exact) mass is 327 g/mol. The first-order chi connectivity index (χ1) is 11.6. The van der Waals surface area contributed by atoms with Crippen LogP contribution in [0.3, 0.4) is 0 Å². The van der Waals surface area contributed by atoms with Crippen LogP contribution in [0.2, 0.25) is 0 Å². The van der Waals surface area contributed by atoms with Crippen LogP contribution in [0.25, 0.3) is 0 Å². The quantitative estimate of drug-likeness (QED) is 0.501. The van der Waals surface area contributed by atoms with Gasteiger partial charge in [-0.1, -0.05) is 42.5 Å². The van der Waals surface area contributed by atoms with E-state index >= 15 is 0 Å². The van der Waals surface area contributed by atoms with Gasteiger partial charge in [0.1, 0.15) is 5.75 Å². The number of aliphatic hydroxyl groups is 1. The van der Waals surface area contributed by atoms with Crippen molar-refractivity contribution >= 4 is 11.9 Å². The zero-order chi connectivity index (χ0) is 17.4. The fourth-order valence-corrected chi connectivity index (χ4v) is 1.94. The molecule has 24 heavy (non-hydrogen) atoms. The summed E-state index contributed by atoms with van der Waals surface area (Å²) < 4.78 is 5.05. The molecule has 2 aromatic carbocycles. The van der Waals surface area contributed by atoms with Crippen molar-refractivity contribution in [2.75, 3.05) is 7.11 Å². The predicted molar refractivity (Wildman–Crippen MR) is 87.4 cm³/mol. The van der Waals surface area contributed by atoms with Crippen molar-refractivity contribution in [3.05, 3.63) is 77.6 Å². The van der Waals surface area contributed by atoms with Gasteiger partial charge in [-0.3, -0.25) is 4.79 Å². The average molecular weight is 327 g/mol. The maximum atomic E-state index is 12.0. The van der Waals surface area contributed by atoms with Gasteiger partial charge in [-0.15, -0.1) is 0 Å². The van der Waals surface area contributed by atoms with E-state index in [-0.39, 0.29) is 5.56 Å². The minimum absolute atomic E-state index is 0.209. The number of benzene rings is 2. The molecule has 2 N–H and O–H groups in total. The van der Waals surface area contributed by atoms with Gasteiger partial charge in [0.25, 0.3) is 5.91 Å². The molecule has 0 atom stereocenters. The van der Waals surface area contributed by atoms with E-state index in [4.69, 9.17) is 4.74 Å². The Hall–Kier alpha value is -3.28. The van der Waals surface area contributed by atoms with Gasteiger partial charge < -0.3 is 14.7 Å². The van der Waals surface area contributed by atoms with Gasteiger partial charge in [0, 0.05) is 0 Å². The normalized spacial score (nSPS) is 10.8. The van der Waals surface area contributed by atoms with Crippen molar-refractivity contribution < 1.29 is 24.3 Å². The van der Waals surface area contributed by atoms with Crippen LogP contribution >= 0.6 is 0 Å². The first-order valence-corrected chi connectivity index (χ1v) is 7.19. The molecule has 0 spiro atoms. The molecule has 6 nitrogen and oxygen atoms in total. The summed E-state index contributed by atoms with van der Waals surface area (Å²) in [6.45, 7) is 0. The molecule has 2 rings (SSSR count). The molecule has 0 heterocycles. The number of carbonyl (C=O) groups is 2. The van der Waals surface area contributed by atoms with Gasteiger partial charge >= 0.3 is 5.97 Å². The highest BCUT2D eigenvalue weighted by Crippen LogP contribution is 2.16. The summed E-state index contributed by atoms with van der Waals surface area (Å²) in [4.78, 5) is 28.2. The van der Waals surface area contributed by atoms with Gasteiger partial charge in [-0.25, -0.2) is 4.79 Å². The molecule has 1 amide bonds. The summed E-state index contributed by atoms with van der Waals surface area (Å²) in [6, 6.07) is 15.8. The molecule has 0 aliphatic heterocycles. The number of nitrogens with one attached hydrogen (secondary N) is 1. The fourth-order valence-electron chi connectivity index (χ4n) is 1.94. The third-order valence-electron chi connectivity index (χ3n) is 3.17. The number of para-hydroxylation sites is 1. The van der Waals surface area contributed by atoms with Crippen LogP contribution in [-0.4, -0.2) is 24.1 Å². The van der Waals surface area contributed by atoms with E-state index in [2.05, 4.69) is 4.84 Å². The Morgan fingerprint density at radius 2 is 1.75 bits per heavy atom. The van der Waals surface area contributed by atoms with Crippen LogP contribution in [0.15, 0.2) is 66.4 Å². The summed E-state index contributed by atoms with van der Waals surface area (Å²) in [6.07, 6.45) is 1.68. The highest BCUT2D eigenvalue weighted by Gasteiger charge is 2.15. The van der Waals surface area contributed by atoms with Crippen LogP contribution in [0.5, 0.6) is 5.75 Å². The lowest BCUT2D eigenvalue weighted by Gasteiger charge is -2.08. The van der Waals surface area contributed by atoms with Crippen LogP contribution in [0, 0.1) is 0 Å². The van der Waals surface area contributed by atoms with E-state index < -0.39 is 17.6 Å². The highest BCUT2D eigenvalue weighted by atomic mass is 16.7. The molecular weight excluding hydrogens is 310 g/mol. The maximum absolute atomic E-state index is 12.0. The Morgan fingerprint density at radius 1 is 1.08 bits per heavy atom. The summed E-state index contributed by atoms with van der Waals surface area (Å²) in [5, 5.41) is 9.67. The second kappa shape index (κ2) is 8.38. The zero-order valence-corrected chi connectivity index (χ0v) is 13.1. The van der Waals surface area contributed by atoms with Crippen molar-refractivity contribution in [1.29, 1.82) is 0 Å². The number of ether oxygens (including phenoxy) is 1. The first kappa shape index (κ1) is 17.1. The minimum Gasteiger partial charge on any atom is -0.502 e. The lowest BCUT2D eigenvalue weighted by molar-refractivity contribution is -0.147. The second-order valence-electron chi connectivity index (χ2n) is 4.80. The molecule has 0 saturated heterocycles. The Kier molecular flexibility index (Phi) is 5.96. The number of amides is 1. The number of hydrogen-bond acceptors (Lipinski definition) is 5. The summed E-state index contributed by atoms with van der Waals surface area (Å²) in [7, 11) is 1.43. The van der Waals surface area contributed by atoms with Crippen LogP contribution in [-0.2, 0) is 16.1 Å². The van der Waals surface area contributed by atoms with E-state index in [1.165, 1.54) is 19.3 Å². The minimum atomic E-state index is -1.05. The molecule has 124 valence electrons.